The summed E-state index contributed by atoms with van der Waals surface area (Å²) in [5.74, 6) is -0.783. The molecule has 120 valence electrons. The van der Waals surface area contributed by atoms with Gasteiger partial charge in [0.2, 0.25) is 0 Å². The molecule has 0 aromatic heterocycles. The lowest BCUT2D eigenvalue weighted by atomic mass is 9.94. The minimum absolute atomic E-state index is 0.0443. The van der Waals surface area contributed by atoms with Gasteiger partial charge in [-0.15, -0.1) is 0 Å². The standard InChI is InChI=1S/C19H20O4/c1-3-22-17(20)13-15-11-8-12-16(14-9-6-5-7-10-14)18(15)19(21)23-4-2/h5-12H,3-4,13H2,1-2H3. The molecule has 0 radical (unpaired) electrons. The fourth-order valence-corrected chi connectivity index (χ4v) is 2.42. The third-order valence-corrected chi connectivity index (χ3v) is 3.36. The molecule has 0 N–H and O–H groups in total. The van der Waals surface area contributed by atoms with E-state index in [0.29, 0.717) is 17.7 Å². The van der Waals surface area contributed by atoms with Crippen molar-refractivity contribution in [2.75, 3.05) is 13.2 Å². The quantitative estimate of drug-likeness (QED) is 0.764. The van der Waals surface area contributed by atoms with E-state index in [1.165, 1.54) is 0 Å². The molecular weight excluding hydrogens is 292 g/mol. The average molecular weight is 312 g/mol. The van der Waals surface area contributed by atoms with Gasteiger partial charge in [0.15, 0.2) is 0 Å². The van der Waals surface area contributed by atoms with Gasteiger partial charge in [0.1, 0.15) is 0 Å². The van der Waals surface area contributed by atoms with Crippen molar-refractivity contribution in [3.63, 3.8) is 0 Å². The maximum absolute atomic E-state index is 12.4. The van der Waals surface area contributed by atoms with Crippen LogP contribution in [0.5, 0.6) is 0 Å². The monoisotopic (exact) mass is 312 g/mol. The van der Waals surface area contributed by atoms with Crippen molar-refractivity contribution in [2.24, 2.45) is 0 Å². The molecule has 0 heterocycles. The molecule has 0 aliphatic carbocycles. The van der Waals surface area contributed by atoms with E-state index in [-0.39, 0.29) is 19.0 Å². The predicted octanol–water partition coefficient (Wildman–Crippen LogP) is 3.64. The predicted molar refractivity (Wildman–Crippen MR) is 88.2 cm³/mol. The highest BCUT2D eigenvalue weighted by Crippen LogP contribution is 2.27. The Kier molecular flexibility index (Phi) is 5.92. The lowest BCUT2D eigenvalue weighted by molar-refractivity contribution is -0.142. The molecule has 23 heavy (non-hydrogen) atoms. The lowest BCUT2D eigenvalue weighted by Gasteiger charge is -2.14. The van der Waals surface area contributed by atoms with Crippen LogP contribution in [0.2, 0.25) is 0 Å². The number of carbonyl (C=O) groups excluding carboxylic acids is 2. The average Bonchev–Trinajstić information content (AvgIpc) is 2.56. The fraction of sp³-hybridized carbons (Fsp3) is 0.263. The molecule has 2 aromatic rings. The lowest BCUT2D eigenvalue weighted by Crippen LogP contribution is -2.14. The summed E-state index contributed by atoms with van der Waals surface area (Å²) in [6.07, 6.45) is 0.0443. The minimum atomic E-state index is -0.425. The van der Waals surface area contributed by atoms with Crippen molar-refractivity contribution in [2.45, 2.75) is 20.3 Å². The number of hydrogen-bond acceptors (Lipinski definition) is 4. The third-order valence-electron chi connectivity index (χ3n) is 3.36. The van der Waals surface area contributed by atoms with Gasteiger partial charge in [0.05, 0.1) is 25.2 Å². The number of benzene rings is 2. The first-order valence-electron chi connectivity index (χ1n) is 7.67. The maximum Gasteiger partial charge on any atom is 0.339 e. The van der Waals surface area contributed by atoms with Gasteiger partial charge < -0.3 is 9.47 Å². The van der Waals surface area contributed by atoms with Gasteiger partial charge >= 0.3 is 11.9 Å². The first-order chi connectivity index (χ1) is 11.2. The molecule has 0 saturated carbocycles. The Bertz CT molecular complexity index is 677. The second-order valence-electron chi connectivity index (χ2n) is 4.91. The normalized spacial score (nSPS) is 10.2. The summed E-state index contributed by atoms with van der Waals surface area (Å²) in [5, 5.41) is 0. The van der Waals surface area contributed by atoms with E-state index in [0.717, 1.165) is 11.1 Å². The third kappa shape index (κ3) is 4.19. The molecule has 4 nitrogen and oxygen atoms in total. The summed E-state index contributed by atoms with van der Waals surface area (Å²) in [5.41, 5.74) is 2.70. The van der Waals surface area contributed by atoms with Crippen molar-refractivity contribution in [1.82, 2.24) is 0 Å². The second-order valence-corrected chi connectivity index (χ2v) is 4.91. The van der Waals surface area contributed by atoms with Gasteiger partial charge in [-0.3, -0.25) is 4.79 Å². The Balaban J connectivity index is 2.50. The summed E-state index contributed by atoms with van der Waals surface area (Å²) >= 11 is 0. The molecule has 0 amide bonds. The Hall–Kier alpha value is -2.62. The molecule has 0 spiro atoms. The van der Waals surface area contributed by atoms with Gasteiger partial charge in [-0.2, -0.15) is 0 Å². The Labute approximate surface area is 136 Å². The van der Waals surface area contributed by atoms with Crippen molar-refractivity contribution in [1.29, 1.82) is 0 Å². The van der Waals surface area contributed by atoms with Crippen molar-refractivity contribution in [3.8, 4) is 11.1 Å². The Morgan fingerprint density at radius 1 is 0.870 bits per heavy atom. The summed E-state index contributed by atoms with van der Waals surface area (Å²) < 4.78 is 10.2. The highest BCUT2D eigenvalue weighted by atomic mass is 16.5. The molecule has 0 bridgehead atoms. The van der Waals surface area contributed by atoms with Gasteiger partial charge in [0.25, 0.3) is 0 Å². The zero-order valence-electron chi connectivity index (χ0n) is 13.4. The number of hydrogen-bond donors (Lipinski definition) is 0. The highest BCUT2D eigenvalue weighted by molar-refractivity contribution is 5.99. The topological polar surface area (TPSA) is 52.6 Å². The molecule has 4 heteroatoms. The van der Waals surface area contributed by atoms with Crippen molar-refractivity contribution >= 4 is 11.9 Å². The highest BCUT2D eigenvalue weighted by Gasteiger charge is 2.20. The first-order valence-corrected chi connectivity index (χ1v) is 7.67. The summed E-state index contributed by atoms with van der Waals surface area (Å²) in [7, 11) is 0. The zero-order valence-corrected chi connectivity index (χ0v) is 13.4. The SMILES string of the molecule is CCOC(=O)Cc1cccc(-c2ccccc2)c1C(=O)OCC. The van der Waals surface area contributed by atoms with Gasteiger partial charge in [-0.05, 0) is 30.5 Å². The van der Waals surface area contributed by atoms with Crippen LogP contribution in [0.25, 0.3) is 11.1 Å². The van der Waals surface area contributed by atoms with E-state index < -0.39 is 5.97 Å². The smallest absolute Gasteiger partial charge is 0.339 e. The molecule has 0 unspecified atom stereocenters. The molecule has 0 aliphatic rings. The van der Waals surface area contributed by atoms with Crippen molar-refractivity contribution in [3.05, 3.63) is 59.7 Å². The van der Waals surface area contributed by atoms with E-state index in [1.54, 1.807) is 19.9 Å². The molecule has 0 fully saturated rings. The molecule has 2 rings (SSSR count). The summed E-state index contributed by atoms with van der Waals surface area (Å²) in [4.78, 5) is 24.2. The van der Waals surface area contributed by atoms with Crippen LogP contribution in [0.4, 0.5) is 0 Å². The Morgan fingerprint density at radius 2 is 1.57 bits per heavy atom. The van der Waals surface area contributed by atoms with E-state index in [2.05, 4.69) is 0 Å². The van der Waals surface area contributed by atoms with E-state index in [9.17, 15) is 9.59 Å². The molecule has 0 saturated heterocycles. The number of ether oxygens (including phenoxy) is 2. The van der Waals surface area contributed by atoms with Crippen LogP contribution >= 0.6 is 0 Å². The molecule has 2 aromatic carbocycles. The first kappa shape index (κ1) is 16.7. The van der Waals surface area contributed by atoms with E-state index >= 15 is 0 Å². The molecular formula is C19H20O4. The zero-order chi connectivity index (χ0) is 16.7. The van der Waals surface area contributed by atoms with Crippen LogP contribution in [0.3, 0.4) is 0 Å². The van der Waals surface area contributed by atoms with Crippen LogP contribution < -0.4 is 0 Å². The van der Waals surface area contributed by atoms with E-state index in [1.807, 2.05) is 42.5 Å². The van der Waals surface area contributed by atoms with E-state index in [4.69, 9.17) is 9.47 Å². The fourth-order valence-electron chi connectivity index (χ4n) is 2.42. The van der Waals surface area contributed by atoms with Crippen LogP contribution in [-0.2, 0) is 20.7 Å². The maximum atomic E-state index is 12.4. The van der Waals surface area contributed by atoms with Gasteiger partial charge in [-0.1, -0.05) is 48.5 Å². The molecule has 0 aliphatic heterocycles. The van der Waals surface area contributed by atoms with Gasteiger partial charge in [-0.25, -0.2) is 4.79 Å². The van der Waals surface area contributed by atoms with Crippen LogP contribution in [0.15, 0.2) is 48.5 Å². The minimum Gasteiger partial charge on any atom is -0.466 e. The van der Waals surface area contributed by atoms with Gasteiger partial charge in [0, 0.05) is 0 Å². The summed E-state index contributed by atoms with van der Waals surface area (Å²) in [6, 6.07) is 15.0. The Morgan fingerprint density at radius 3 is 2.22 bits per heavy atom. The van der Waals surface area contributed by atoms with Crippen LogP contribution in [-0.4, -0.2) is 25.2 Å². The van der Waals surface area contributed by atoms with Crippen LogP contribution in [0, 0.1) is 0 Å². The summed E-state index contributed by atoms with van der Waals surface area (Å²) in [6.45, 7) is 4.10. The second kappa shape index (κ2) is 8.13. The van der Waals surface area contributed by atoms with Crippen LogP contribution in [0.1, 0.15) is 29.8 Å². The number of esters is 2. The number of carbonyl (C=O) groups is 2. The number of rotatable bonds is 6. The largest absolute Gasteiger partial charge is 0.466 e. The molecule has 0 atom stereocenters. The van der Waals surface area contributed by atoms with Crippen molar-refractivity contribution < 1.29 is 19.1 Å².